The van der Waals surface area contributed by atoms with E-state index in [-0.39, 0.29) is 11.3 Å². The van der Waals surface area contributed by atoms with Gasteiger partial charge in [-0.15, -0.1) is 0 Å². The zero-order valence-electron chi connectivity index (χ0n) is 9.52. The molecule has 82 valence electrons. The third-order valence-electron chi connectivity index (χ3n) is 2.13. The SMILES string of the molecule is Cc1ccc(Br)cc1NC(=O)C(C)(C)C. The van der Waals surface area contributed by atoms with Gasteiger partial charge in [0.25, 0.3) is 0 Å². The van der Waals surface area contributed by atoms with Gasteiger partial charge in [-0.1, -0.05) is 42.8 Å². The molecule has 2 nitrogen and oxygen atoms in total. The third kappa shape index (κ3) is 3.34. The molecule has 0 aromatic heterocycles. The van der Waals surface area contributed by atoms with E-state index in [0.29, 0.717) is 0 Å². The Morgan fingerprint density at radius 3 is 2.47 bits per heavy atom. The van der Waals surface area contributed by atoms with Gasteiger partial charge in [-0.3, -0.25) is 4.79 Å². The highest BCUT2D eigenvalue weighted by Gasteiger charge is 2.21. The zero-order valence-corrected chi connectivity index (χ0v) is 11.1. The van der Waals surface area contributed by atoms with E-state index in [1.165, 1.54) is 0 Å². The Balaban J connectivity index is 2.90. The Hall–Kier alpha value is -0.830. The van der Waals surface area contributed by atoms with Gasteiger partial charge in [-0.05, 0) is 24.6 Å². The van der Waals surface area contributed by atoms with E-state index in [4.69, 9.17) is 0 Å². The van der Waals surface area contributed by atoms with Crippen molar-refractivity contribution < 1.29 is 4.79 Å². The number of carbonyl (C=O) groups is 1. The fraction of sp³-hybridized carbons (Fsp3) is 0.417. The molecule has 0 unspecified atom stereocenters. The summed E-state index contributed by atoms with van der Waals surface area (Å²) >= 11 is 3.39. The van der Waals surface area contributed by atoms with Crippen LogP contribution in [0.2, 0.25) is 0 Å². The summed E-state index contributed by atoms with van der Waals surface area (Å²) < 4.78 is 0.970. The van der Waals surface area contributed by atoms with Crippen LogP contribution in [-0.2, 0) is 4.79 Å². The molecule has 0 atom stereocenters. The molecule has 0 aliphatic carbocycles. The number of halogens is 1. The molecule has 0 saturated heterocycles. The van der Waals surface area contributed by atoms with Crippen LogP contribution in [0.1, 0.15) is 26.3 Å². The summed E-state index contributed by atoms with van der Waals surface area (Å²) in [5.74, 6) is 0.0312. The van der Waals surface area contributed by atoms with E-state index >= 15 is 0 Å². The van der Waals surface area contributed by atoms with E-state index in [2.05, 4.69) is 21.2 Å². The Morgan fingerprint density at radius 2 is 1.93 bits per heavy atom. The molecule has 0 fully saturated rings. The van der Waals surface area contributed by atoms with Gasteiger partial charge in [-0.25, -0.2) is 0 Å². The van der Waals surface area contributed by atoms with E-state index in [1.54, 1.807) is 0 Å². The normalized spacial score (nSPS) is 11.3. The Kier molecular flexibility index (Phi) is 3.55. The quantitative estimate of drug-likeness (QED) is 0.827. The summed E-state index contributed by atoms with van der Waals surface area (Å²) in [7, 11) is 0. The summed E-state index contributed by atoms with van der Waals surface area (Å²) in [5, 5.41) is 2.92. The van der Waals surface area contributed by atoms with Crippen molar-refractivity contribution >= 4 is 27.5 Å². The van der Waals surface area contributed by atoms with Gasteiger partial charge in [0.05, 0.1) is 0 Å². The maximum absolute atomic E-state index is 11.8. The molecule has 0 bridgehead atoms. The first-order valence-electron chi connectivity index (χ1n) is 4.88. The number of carbonyl (C=O) groups excluding carboxylic acids is 1. The predicted molar refractivity (Wildman–Crippen MR) is 67.0 cm³/mol. The van der Waals surface area contributed by atoms with Crippen LogP contribution >= 0.6 is 15.9 Å². The monoisotopic (exact) mass is 269 g/mol. The summed E-state index contributed by atoms with van der Waals surface area (Å²) in [6, 6.07) is 5.85. The van der Waals surface area contributed by atoms with Crippen LogP contribution in [0.15, 0.2) is 22.7 Å². The number of amides is 1. The van der Waals surface area contributed by atoms with Crippen LogP contribution in [0.5, 0.6) is 0 Å². The van der Waals surface area contributed by atoms with Gasteiger partial charge in [0.2, 0.25) is 5.91 Å². The van der Waals surface area contributed by atoms with Gasteiger partial charge in [0, 0.05) is 15.6 Å². The number of aryl methyl sites for hydroxylation is 1. The molecule has 0 saturated carbocycles. The standard InChI is InChI=1S/C12H16BrNO/c1-8-5-6-9(13)7-10(8)14-11(15)12(2,3)4/h5-7H,1-4H3,(H,14,15). The fourth-order valence-electron chi connectivity index (χ4n) is 1.04. The average molecular weight is 270 g/mol. The molecule has 0 aliphatic heterocycles. The minimum absolute atomic E-state index is 0.0312. The van der Waals surface area contributed by atoms with Crippen LogP contribution in [0.25, 0.3) is 0 Å². The maximum Gasteiger partial charge on any atom is 0.229 e. The molecule has 1 amide bonds. The second-order valence-electron chi connectivity index (χ2n) is 4.66. The molecule has 3 heteroatoms. The summed E-state index contributed by atoms with van der Waals surface area (Å²) in [5.41, 5.74) is 1.56. The topological polar surface area (TPSA) is 29.1 Å². The fourth-order valence-corrected chi connectivity index (χ4v) is 1.40. The predicted octanol–water partition coefficient (Wildman–Crippen LogP) is 3.74. The van der Waals surface area contributed by atoms with E-state index in [9.17, 15) is 4.79 Å². The molecular formula is C12H16BrNO. The van der Waals surface area contributed by atoms with Crippen molar-refractivity contribution in [2.75, 3.05) is 5.32 Å². The number of rotatable bonds is 1. The summed E-state index contributed by atoms with van der Waals surface area (Å²) in [6.07, 6.45) is 0. The van der Waals surface area contributed by atoms with Crippen molar-refractivity contribution in [3.8, 4) is 0 Å². The lowest BCUT2D eigenvalue weighted by Gasteiger charge is -2.18. The number of hydrogen-bond acceptors (Lipinski definition) is 1. The largest absolute Gasteiger partial charge is 0.325 e. The highest BCUT2D eigenvalue weighted by Crippen LogP contribution is 2.23. The molecule has 0 radical (unpaired) electrons. The number of anilines is 1. The number of benzene rings is 1. The van der Waals surface area contributed by atoms with Crippen LogP contribution < -0.4 is 5.32 Å². The molecule has 0 aliphatic rings. The van der Waals surface area contributed by atoms with Gasteiger partial charge in [0.15, 0.2) is 0 Å². The Bertz CT molecular complexity index is 380. The zero-order chi connectivity index (χ0) is 11.6. The van der Waals surface area contributed by atoms with Gasteiger partial charge < -0.3 is 5.32 Å². The van der Waals surface area contributed by atoms with Crippen LogP contribution in [0.3, 0.4) is 0 Å². The van der Waals surface area contributed by atoms with Crippen molar-refractivity contribution in [2.45, 2.75) is 27.7 Å². The second-order valence-corrected chi connectivity index (χ2v) is 5.58. The van der Waals surface area contributed by atoms with Crippen molar-refractivity contribution in [3.05, 3.63) is 28.2 Å². The highest BCUT2D eigenvalue weighted by atomic mass is 79.9. The van der Waals surface area contributed by atoms with E-state index in [1.807, 2.05) is 45.9 Å². The lowest BCUT2D eigenvalue weighted by molar-refractivity contribution is -0.123. The number of nitrogens with one attached hydrogen (secondary N) is 1. The van der Waals surface area contributed by atoms with Crippen molar-refractivity contribution in [1.82, 2.24) is 0 Å². The smallest absolute Gasteiger partial charge is 0.229 e. The maximum atomic E-state index is 11.8. The van der Waals surface area contributed by atoms with Gasteiger partial charge in [-0.2, -0.15) is 0 Å². The summed E-state index contributed by atoms with van der Waals surface area (Å²) in [6.45, 7) is 7.67. The lowest BCUT2D eigenvalue weighted by Crippen LogP contribution is -2.27. The Labute approximate surface area is 99.2 Å². The van der Waals surface area contributed by atoms with Crippen molar-refractivity contribution in [2.24, 2.45) is 5.41 Å². The first-order chi connectivity index (χ1) is 6.80. The minimum atomic E-state index is -0.366. The lowest BCUT2D eigenvalue weighted by atomic mass is 9.95. The molecule has 1 aromatic carbocycles. The molecular weight excluding hydrogens is 254 g/mol. The van der Waals surface area contributed by atoms with Gasteiger partial charge >= 0.3 is 0 Å². The van der Waals surface area contributed by atoms with Crippen LogP contribution in [0, 0.1) is 12.3 Å². The second kappa shape index (κ2) is 4.35. The first-order valence-corrected chi connectivity index (χ1v) is 5.67. The van der Waals surface area contributed by atoms with Gasteiger partial charge in [0.1, 0.15) is 0 Å². The van der Waals surface area contributed by atoms with Crippen LogP contribution in [0.4, 0.5) is 5.69 Å². The molecule has 15 heavy (non-hydrogen) atoms. The molecule has 1 rings (SSSR count). The van der Waals surface area contributed by atoms with Crippen LogP contribution in [-0.4, -0.2) is 5.91 Å². The van der Waals surface area contributed by atoms with Crippen molar-refractivity contribution in [3.63, 3.8) is 0 Å². The average Bonchev–Trinajstić information content (AvgIpc) is 2.09. The molecule has 0 spiro atoms. The Morgan fingerprint density at radius 1 is 1.33 bits per heavy atom. The van der Waals surface area contributed by atoms with E-state index < -0.39 is 0 Å². The molecule has 0 heterocycles. The molecule has 1 aromatic rings. The first kappa shape index (κ1) is 12.2. The molecule has 1 N–H and O–H groups in total. The van der Waals surface area contributed by atoms with Crippen molar-refractivity contribution in [1.29, 1.82) is 0 Å². The summed E-state index contributed by atoms with van der Waals surface area (Å²) in [4.78, 5) is 11.8. The third-order valence-corrected chi connectivity index (χ3v) is 2.62. The minimum Gasteiger partial charge on any atom is -0.325 e. The van der Waals surface area contributed by atoms with E-state index in [0.717, 1.165) is 15.7 Å². The highest BCUT2D eigenvalue weighted by molar-refractivity contribution is 9.10. The number of hydrogen-bond donors (Lipinski definition) is 1.